The van der Waals surface area contributed by atoms with Gasteiger partial charge in [-0.05, 0) is 37.8 Å². The molecule has 0 amide bonds. The summed E-state index contributed by atoms with van der Waals surface area (Å²) in [5.41, 5.74) is -0.212. The maximum atomic E-state index is 12.8. The van der Waals surface area contributed by atoms with Gasteiger partial charge in [-0.2, -0.15) is 9.57 Å². The predicted molar refractivity (Wildman–Crippen MR) is 72.4 cm³/mol. The molecule has 0 bridgehead atoms. The zero-order chi connectivity index (χ0) is 14.2. The van der Waals surface area contributed by atoms with Crippen LogP contribution in [-0.4, -0.2) is 24.8 Å². The van der Waals surface area contributed by atoms with Gasteiger partial charge < -0.3 is 4.42 Å². The van der Waals surface area contributed by atoms with E-state index in [1.54, 1.807) is 4.31 Å². The third-order valence-electron chi connectivity index (χ3n) is 4.55. The fraction of sp³-hybridized carbons (Fsp3) is 0.643. The standard InChI is InChI=1S/C14H18N2O3S/c15-11-12-5-6-13(19-12)20(17,18)16-10-4-9-14(16)7-2-1-3-8-14/h5-6H,1-4,7-10H2. The zero-order valence-corrected chi connectivity index (χ0v) is 12.2. The molecule has 0 aromatic carbocycles. The summed E-state index contributed by atoms with van der Waals surface area (Å²) in [6.45, 7) is 0.560. The second-order valence-corrected chi connectivity index (χ2v) is 7.49. The number of nitriles is 1. The van der Waals surface area contributed by atoms with Crippen LogP contribution in [0.4, 0.5) is 0 Å². The topological polar surface area (TPSA) is 74.3 Å². The summed E-state index contributed by atoms with van der Waals surface area (Å²) in [4.78, 5) is 0. The Labute approximate surface area is 119 Å². The van der Waals surface area contributed by atoms with Gasteiger partial charge in [0.15, 0.2) is 0 Å². The Hall–Kier alpha value is -1.32. The van der Waals surface area contributed by atoms with Crippen molar-refractivity contribution in [1.29, 1.82) is 5.26 Å². The van der Waals surface area contributed by atoms with Gasteiger partial charge in [-0.1, -0.05) is 19.3 Å². The molecule has 1 aliphatic heterocycles. The molecule has 6 heteroatoms. The number of hydrogen-bond acceptors (Lipinski definition) is 4. The highest BCUT2D eigenvalue weighted by Gasteiger charge is 2.48. The molecule has 2 aliphatic rings. The summed E-state index contributed by atoms with van der Waals surface area (Å²) >= 11 is 0. The van der Waals surface area contributed by atoms with Crippen LogP contribution in [0.2, 0.25) is 0 Å². The average Bonchev–Trinajstić information content (AvgIpc) is 3.07. The van der Waals surface area contributed by atoms with Gasteiger partial charge in [-0.25, -0.2) is 8.42 Å². The van der Waals surface area contributed by atoms with Gasteiger partial charge in [0, 0.05) is 12.1 Å². The fourth-order valence-corrected chi connectivity index (χ4v) is 5.43. The Morgan fingerprint density at radius 2 is 1.85 bits per heavy atom. The van der Waals surface area contributed by atoms with Crippen molar-refractivity contribution in [1.82, 2.24) is 4.31 Å². The molecule has 1 spiro atoms. The Balaban J connectivity index is 1.96. The van der Waals surface area contributed by atoms with E-state index >= 15 is 0 Å². The molecule has 2 fully saturated rings. The van der Waals surface area contributed by atoms with Gasteiger partial charge in [0.2, 0.25) is 10.9 Å². The molecule has 1 aliphatic carbocycles. The minimum Gasteiger partial charge on any atom is -0.433 e. The third kappa shape index (κ3) is 2.05. The van der Waals surface area contributed by atoms with Crippen LogP contribution >= 0.6 is 0 Å². The molecular weight excluding hydrogens is 276 g/mol. The molecule has 0 unspecified atom stereocenters. The molecule has 5 nitrogen and oxygen atoms in total. The Bertz CT molecular complexity index is 636. The highest BCUT2D eigenvalue weighted by molar-refractivity contribution is 7.89. The Morgan fingerprint density at radius 1 is 1.15 bits per heavy atom. The van der Waals surface area contributed by atoms with E-state index in [-0.39, 0.29) is 16.4 Å². The summed E-state index contributed by atoms with van der Waals surface area (Å²) in [6.07, 6.45) is 7.11. The largest absolute Gasteiger partial charge is 0.433 e. The Morgan fingerprint density at radius 3 is 2.50 bits per heavy atom. The lowest BCUT2D eigenvalue weighted by Gasteiger charge is -2.40. The SMILES string of the molecule is N#Cc1ccc(S(=O)(=O)N2CCCC23CCCCC3)o1. The van der Waals surface area contributed by atoms with Gasteiger partial charge in [0.05, 0.1) is 0 Å². The van der Waals surface area contributed by atoms with Gasteiger partial charge in [-0.3, -0.25) is 0 Å². The lowest BCUT2D eigenvalue weighted by atomic mass is 9.81. The van der Waals surface area contributed by atoms with E-state index in [2.05, 4.69) is 0 Å². The molecule has 1 saturated carbocycles. The van der Waals surface area contributed by atoms with Crippen LogP contribution in [0.25, 0.3) is 0 Å². The number of rotatable bonds is 2. The summed E-state index contributed by atoms with van der Waals surface area (Å²) in [5.74, 6) is 0.0421. The van der Waals surface area contributed by atoms with Crippen molar-refractivity contribution >= 4 is 10.0 Å². The molecule has 0 atom stereocenters. The monoisotopic (exact) mass is 294 g/mol. The quantitative estimate of drug-likeness (QED) is 0.840. The Kier molecular flexibility index (Phi) is 3.35. The first-order chi connectivity index (χ1) is 9.58. The minimum absolute atomic E-state index is 0.0421. The van der Waals surface area contributed by atoms with Crippen LogP contribution in [0, 0.1) is 11.3 Å². The molecule has 20 heavy (non-hydrogen) atoms. The van der Waals surface area contributed by atoms with Crippen molar-refractivity contribution in [2.45, 2.75) is 55.6 Å². The highest BCUT2D eigenvalue weighted by atomic mass is 32.2. The smallest absolute Gasteiger partial charge is 0.277 e. The number of nitrogens with zero attached hydrogens (tertiary/aromatic N) is 2. The van der Waals surface area contributed by atoms with Crippen LogP contribution in [-0.2, 0) is 10.0 Å². The second kappa shape index (κ2) is 4.90. The molecule has 2 heterocycles. The normalized spacial score (nSPS) is 22.9. The first-order valence-electron chi connectivity index (χ1n) is 7.11. The van der Waals surface area contributed by atoms with E-state index in [1.807, 2.05) is 6.07 Å². The molecule has 0 radical (unpaired) electrons. The molecule has 1 aromatic rings. The summed E-state index contributed by atoms with van der Waals surface area (Å²) in [6, 6.07) is 4.64. The zero-order valence-electron chi connectivity index (χ0n) is 11.3. The van der Waals surface area contributed by atoms with Crippen LogP contribution in [0.15, 0.2) is 21.6 Å². The van der Waals surface area contributed by atoms with E-state index in [1.165, 1.54) is 18.6 Å². The summed E-state index contributed by atoms with van der Waals surface area (Å²) in [7, 11) is -3.62. The fourth-order valence-electron chi connectivity index (χ4n) is 3.63. The molecule has 3 rings (SSSR count). The third-order valence-corrected chi connectivity index (χ3v) is 6.43. The molecule has 0 N–H and O–H groups in total. The number of hydrogen-bond donors (Lipinski definition) is 0. The van der Waals surface area contributed by atoms with Crippen molar-refractivity contribution in [2.24, 2.45) is 0 Å². The summed E-state index contributed by atoms with van der Waals surface area (Å²) < 4.78 is 32.3. The first-order valence-corrected chi connectivity index (χ1v) is 8.55. The van der Waals surface area contributed by atoms with Crippen LogP contribution in [0.3, 0.4) is 0 Å². The molecular formula is C14H18N2O3S. The van der Waals surface area contributed by atoms with Gasteiger partial charge >= 0.3 is 0 Å². The van der Waals surface area contributed by atoms with Crippen molar-refractivity contribution < 1.29 is 12.8 Å². The van der Waals surface area contributed by atoms with Crippen molar-refractivity contribution in [3.63, 3.8) is 0 Å². The maximum Gasteiger partial charge on any atom is 0.277 e. The average molecular weight is 294 g/mol. The lowest BCUT2D eigenvalue weighted by Crippen LogP contribution is -2.48. The van der Waals surface area contributed by atoms with E-state index in [4.69, 9.17) is 9.68 Å². The second-order valence-electron chi connectivity index (χ2n) is 5.70. The number of furan rings is 1. The number of sulfonamides is 1. The van der Waals surface area contributed by atoms with Crippen LogP contribution in [0.5, 0.6) is 0 Å². The van der Waals surface area contributed by atoms with Crippen molar-refractivity contribution in [2.75, 3.05) is 6.54 Å². The van der Waals surface area contributed by atoms with Gasteiger partial charge in [0.25, 0.3) is 10.0 Å². The van der Waals surface area contributed by atoms with Crippen molar-refractivity contribution in [3.05, 3.63) is 17.9 Å². The van der Waals surface area contributed by atoms with Crippen molar-refractivity contribution in [3.8, 4) is 6.07 Å². The molecule has 1 aromatic heterocycles. The van der Waals surface area contributed by atoms with Crippen LogP contribution in [0.1, 0.15) is 50.7 Å². The van der Waals surface area contributed by atoms with Gasteiger partial charge in [0.1, 0.15) is 6.07 Å². The maximum absolute atomic E-state index is 12.8. The van der Waals surface area contributed by atoms with Crippen LogP contribution < -0.4 is 0 Å². The highest BCUT2D eigenvalue weighted by Crippen LogP contribution is 2.44. The van der Waals surface area contributed by atoms with Gasteiger partial charge in [-0.15, -0.1) is 0 Å². The minimum atomic E-state index is -3.62. The molecule has 108 valence electrons. The van der Waals surface area contributed by atoms with E-state index < -0.39 is 10.0 Å². The summed E-state index contributed by atoms with van der Waals surface area (Å²) in [5, 5.41) is 8.68. The predicted octanol–water partition coefficient (Wildman–Crippen LogP) is 2.64. The molecule has 1 saturated heterocycles. The lowest BCUT2D eigenvalue weighted by molar-refractivity contribution is 0.168. The van der Waals surface area contributed by atoms with E-state index in [0.717, 1.165) is 38.5 Å². The van der Waals surface area contributed by atoms with E-state index in [9.17, 15) is 8.42 Å². The van der Waals surface area contributed by atoms with E-state index in [0.29, 0.717) is 6.54 Å². The first kappa shape index (κ1) is 13.7.